The maximum Gasteiger partial charge on any atom is 0.266 e. The molecular formula is C23H32N4O2. The van der Waals surface area contributed by atoms with Crippen LogP contribution in [0.2, 0.25) is 0 Å². The molecule has 1 N–H and O–H groups in total. The molecule has 0 spiro atoms. The first-order chi connectivity index (χ1) is 13.9. The highest BCUT2D eigenvalue weighted by Gasteiger charge is 2.23. The summed E-state index contributed by atoms with van der Waals surface area (Å²) in [6.45, 7) is 8.34. The summed E-state index contributed by atoms with van der Waals surface area (Å²) in [7, 11) is 0. The molecule has 2 heterocycles. The number of nitrogens with one attached hydrogen (secondary N) is 1. The summed E-state index contributed by atoms with van der Waals surface area (Å²) in [5.74, 6) is -0.0447. The third kappa shape index (κ3) is 5.76. The number of carbonyl (C=O) groups is 1. The van der Waals surface area contributed by atoms with Crippen molar-refractivity contribution in [2.75, 3.05) is 13.1 Å². The van der Waals surface area contributed by atoms with E-state index in [1.54, 1.807) is 6.07 Å². The van der Waals surface area contributed by atoms with Gasteiger partial charge in [0.15, 0.2) is 0 Å². The van der Waals surface area contributed by atoms with Crippen molar-refractivity contribution in [1.29, 1.82) is 0 Å². The Hall–Kier alpha value is -2.47. The van der Waals surface area contributed by atoms with E-state index in [1.807, 2.05) is 31.2 Å². The molecule has 0 aliphatic carbocycles. The van der Waals surface area contributed by atoms with E-state index in [0.717, 1.165) is 17.8 Å². The molecule has 1 aliphatic heterocycles. The zero-order valence-electron chi connectivity index (χ0n) is 17.7. The first-order valence-corrected chi connectivity index (χ1v) is 10.6. The smallest absolute Gasteiger partial charge is 0.266 e. The molecule has 0 saturated carbocycles. The zero-order chi connectivity index (χ0) is 20.8. The summed E-state index contributed by atoms with van der Waals surface area (Å²) in [5.41, 5.74) is 2.67. The van der Waals surface area contributed by atoms with Crippen LogP contribution >= 0.6 is 0 Å². The van der Waals surface area contributed by atoms with Crippen molar-refractivity contribution in [3.05, 3.63) is 52.3 Å². The van der Waals surface area contributed by atoms with Crippen molar-refractivity contribution in [2.45, 2.75) is 65.1 Å². The summed E-state index contributed by atoms with van der Waals surface area (Å²) >= 11 is 0. The van der Waals surface area contributed by atoms with Crippen LogP contribution in [0.4, 0.5) is 0 Å². The Labute approximate surface area is 172 Å². The predicted molar refractivity (Wildman–Crippen MR) is 116 cm³/mol. The molecule has 1 amide bonds. The Morgan fingerprint density at radius 2 is 1.76 bits per heavy atom. The number of benzene rings is 1. The average Bonchev–Trinajstić information content (AvgIpc) is 2.70. The molecular weight excluding hydrogens is 364 g/mol. The van der Waals surface area contributed by atoms with Crippen molar-refractivity contribution in [3.8, 4) is 11.3 Å². The Kier molecular flexibility index (Phi) is 7.20. The molecule has 6 heteroatoms. The number of aromatic nitrogens is 2. The summed E-state index contributed by atoms with van der Waals surface area (Å²) in [6.07, 6.45) is 3.98. The maximum atomic E-state index is 12.3. The van der Waals surface area contributed by atoms with Crippen LogP contribution in [0.3, 0.4) is 0 Å². The third-order valence-electron chi connectivity index (χ3n) is 5.83. The van der Waals surface area contributed by atoms with E-state index in [1.165, 1.54) is 35.6 Å². The van der Waals surface area contributed by atoms with Crippen LogP contribution in [-0.4, -0.2) is 45.8 Å². The molecule has 1 aromatic heterocycles. The molecule has 1 saturated heterocycles. The van der Waals surface area contributed by atoms with Crippen molar-refractivity contribution in [1.82, 2.24) is 20.0 Å². The maximum absolute atomic E-state index is 12.3. The van der Waals surface area contributed by atoms with Gasteiger partial charge in [0.1, 0.15) is 0 Å². The summed E-state index contributed by atoms with van der Waals surface area (Å²) in [6, 6.07) is 12.4. The molecule has 1 aromatic carbocycles. The standard InChI is InChI=1S/C23H32N4O2/c1-17-7-9-20(10-8-17)21-11-12-23(29)27(25-21)15-13-22(28)24-14-16-26-18(2)5-4-6-19(26)3/h7-12,18-19H,4-6,13-16H2,1-3H3,(H,24,28)/t18-,19+. The molecule has 29 heavy (non-hydrogen) atoms. The largest absolute Gasteiger partial charge is 0.355 e. The van der Waals surface area contributed by atoms with E-state index in [2.05, 4.69) is 29.2 Å². The highest BCUT2D eigenvalue weighted by Crippen LogP contribution is 2.21. The van der Waals surface area contributed by atoms with Gasteiger partial charge < -0.3 is 5.32 Å². The Morgan fingerprint density at radius 1 is 1.07 bits per heavy atom. The van der Waals surface area contributed by atoms with E-state index in [-0.39, 0.29) is 24.4 Å². The van der Waals surface area contributed by atoms with Gasteiger partial charge >= 0.3 is 0 Å². The summed E-state index contributed by atoms with van der Waals surface area (Å²) < 4.78 is 1.38. The van der Waals surface area contributed by atoms with Crippen LogP contribution in [0.25, 0.3) is 11.3 Å². The van der Waals surface area contributed by atoms with Gasteiger partial charge in [0.05, 0.1) is 12.2 Å². The Balaban J connectivity index is 1.51. The molecule has 2 atom stereocenters. The first-order valence-electron chi connectivity index (χ1n) is 10.6. The van der Waals surface area contributed by atoms with Crippen molar-refractivity contribution >= 4 is 5.91 Å². The van der Waals surface area contributed by atoms with E-state index in [9.17, 15) is 9.59 Å². The number of nitrogens with zero attached hydrogens (tertiary/aromatic N) is 3. The molecule has 1 aliphatic rings. The predicted octanol–water partition coefficient (Wildman–Crippen LogP) is 2.99. The molecule has 6 nitrogen and oxygen atoms in total. The van der Waals surface area contributed by atoms with Crippen molar-refractivity contribution in [3.63, 3.8) is 0 Å². The Morgan fingerprint density at radius 3 is 2.45 bits per heavy atom. The lowest BCUT2D eigenvalue weighted by atomic mass is 9.98. The van der Waals surface area contributed by atoms with Crippen LogP contribution in [0.5, 0.6) is 0 Å². The minimum atomic E-state index is -0.190. The number of aryl methyl sites for hydroxylation is 2. The van der Waals surface area contributed by atoms with Gasteiger partial charge in [-0.15, -0.1) is 0 Å². The minimum Gasteiger partial charge on any atom is -0.355 e. The summed E-state index contributed by atoms with van der Waals surface area (Å²) in [5, 5.41) is 7.42. The molecule has 0 bridgehead atoms. The SMILES string of the molecule is Cc1ccc(-c2ccc(=O)n(CCC(=O)NCCN3[C@H](C)CCC[C@@H]3C)n2)cc1. The lowest BCUT2D eigenvalue weighted by Crippen LogP contribution is -2.47. The highest BCUT2D eigenvalue weighted by atomic mass is 16.2. The monoisotopic (exact) mass is 396 g/mol. The fourth-order valence-electron chi connectivity index (χ4n) is 4.02. The lowest BCUT2D eigenvalue weighted by molar-refractivity contribution is -0.121. The van der Waals surface area contributed by atoms with Crippen LogP contribution in [-0.2, 0) is 11.3 Å². The third-order valence-corrected chi connectivity index (χ3v) is 5.83. The molecule has 1 fully saturated rings. The van der Waals surface area contributed by atoms with Gasteiger partial charge in [-0.3, -0.25) is 14.5 Å². The van der Waals surface area contributed by atoms with Crippen LogP contribution in [0, 0.1) is 6.92 Å². The highest BCUT2D eigenvalue weighted by molar-refractivity contribution is 5.75. The molecule has 3 rings (SSSR count). The number of likely N-dealkylation sites (tertiary alicyclic amines) is 1. The average molecular weight is 397 g/mol. The number of piperidine rings is 1. The number of hydrogen-bond donors (Lipinski definition) is 1. The minimum absolute atomic E-state index is 0.0447. The normalized spacial score (nSPS) is 19.8. The van der Waals surface area contributed by atoms with Gasteiger partial charge in [-0.25, -0.2) is 4.68 Å². The van der Waals surface area contributed by atoms with E-state index < -0.39 is 0 Å². The van der Waals surface area contributed by atoms with Crippen molar-refractivity contribution in [2.24, 2.45) is 0 Å². The second-order valence-electron chi connectivity index (χ2n) is 8.11. The molecule has 2 aromatic rings. The molecule has 0 radical (unpaired) electrons. The summed E-state index contributed by atoms with van der Waals surface area (Å²) in [4.78, 5) is 26.8. The fraction of sp³-hybridized carbons (Fsp3) is 0.522. The van der Waals surface area contributed by atoms with Crippen LogP contribution in [0.1, 0.15) is 45.1 Å². The second kappa shape index (κ2) is 9.83. The molecule has 156 valence electrons. The number of hydrogen-bond acceptors (Lipinski definition) is 4. The van der Waals surface area contributed by atoms with Gasteiger partial charge in [0.2, 0.25) is 5.91 Å². The van der Waals surface area contributed by atoms with E-state index in [0.29, 0.717) is 18.6 Å². The Bertz CT molecular complexity index is 865. The van der Waals surface area contributed by atoms with E-state index in [4.69, 9.17) is 0 Å². The van der Waals surface area contributed by atoms with Gasteiger partial charge in [-0.2, -0.15) is 5.10 Å². The zero-order valence-corrected chi connectivity index (χ0v) is 17.7. The fourth-order valence-corrected chi connectivity index (χ4v) is 4.02. The second-order valence-corrected chi connectivity index (χ2v) is 8.11. The quantitative estimate of drug-likeness (QED) is 0.781. The van der Waals surface area contributed by atoms with Crippen molar-refractivity contribution < 1.29 is 4.79 Å². The van der Waals surface area contributed by atoms with E-state index >= 15 is 0 Å². The van der Waals surface area contributed by atoms with Gasteiger partial charge in [-0.1, -0.05) is 36.2 Å². The van der Waals surface area contributed by atoms with Gasteiger partial charge in [0, 0.05) is 43.2 Å². The van der Waals surface area contributed by atoms with Gasteiger partial charge in [0.25, 0.3) is 5.56 Å². The topological polar surface area (TPSA) is 67.2 Å². The van der Waals surface area contributed by atoms with Crippen LogP contribution in [0.15, 0.2) is 41.2 Å². The number of amides is 1. The lowest BCUT2D eigenvalue weighted by Gasteiger charge is -2.39. The first kappa shape index (κ1) is 21.2. The van der Waals surface area contributed by atoms with Crippen LogP contribution < -0.4 is 10.9 Å². The number of rotatable bonds is 7. The number of carbonyl (C=O) groups excluding carboxylic acids is 1. The van der Waals surface area contributed by atoms with Gasteiger partial charge in [-0.05, 0) is 39.7 Å². The molecule has 0 unspecified atom stereocenters.